The van der Waals surface area contributed by atoms with Gasteiger partial charge >= 0.3 is 0 Å². The van der Waals surface area contributed by atoms with Crippen LogP contribution in [0.15, 0.2) is 85.5 Å². The Balaban J connectivity index is 1.22. The predicted octanol–water partition coefficient (Wildman–Crippen LogP) is 4.06. The molecule has 2 N–H and O–H groups in total. The molecule has 0 aliphatic carbocycles. The quantitative estimate of drug-likeness (QED) is 0.330. The molecule has 0 saturated carbocycles. The molecule has 5 aromatic rings. The van der Waals surface area contributed by atoms with E-state index in [1.807, 2.05) is 70.3 Å². The molecule has 0 radical (unpaired) electrons. The maximum Gasteiger partial charge on any atom is 0.232 e. The summed E-state index contributed by atoms with van der Waals surface area (Å²) in [4.78, 5) is 15.8. The van der Waals surface area contributed by atoms with Crippen molar-refractivity contribution < 1.29 is 9.00 Å². The topological polar surface area (TPSA) is 84.7 Å². The number of nitrogens with zero attached hydrogens (tertiary/aromatic N) is 3. The lowest BCUT2D eigenvalue weighted by molar-refractivity contribution is -0.118. The minimum absolute atomic E-state index is 0.0470. The molecule has 178 valence electrons. The van der Waals surface area contributed by atoms with E-state index in [1.54, 1.807) is 6.20 Å². The molecule has 0 unspecified atom stereocenters. The maximum absolute atomic E-state index is 12.9. The Morgan fingerprint density at radius 1 is 1.06 bits per heavy atom. The second-order valence-corrected chi connectivity index (χ2v) is 9.98. The molecule has 5 rings (SSSR count). The van der Waals surface area contributed by atoms with E-state index in [0.29, 0.717) is 13.0 Å². The van der Waals surface area contributed by atoms with Crippen molar-refractivity contribution in [2.24, 2.45) is 0 Å². The number of nitrogens with one attached hydrogen (secondary N) is 2. The third-order valence-electron chi connectivity index (χ3n) is 5.91. The van der Waals surface area contributed by atoms with Crippen LogP contribution in [0.3, 0.4) is 0 Å². The van der Waals surface area contributed by atoms with E-state index >= 15 is 0 Å². The van der Waals surface area contributed by atoms with Crippen LogP contribution >= 0.6 is 0 Å². The summed E-state index contributed by atoms with van der Waals surface area (Å²) in [6.07, 6.45) is 8.30. The molecular weight excluding hydrogens is 458 g/mol. The minimum atomic E-state index is -1.37. The summed E-state index contributed by atoms with van der Waals surface area (Å²) in [5.74, 6) is 0.811. The van der Waals surface area contributed by atoms with E-state index in [0.717, 1.165) is 28.1 Å². The van der Waals surface area contributed by atoms with Gasteiger partial charge in [-0.1, -0.05) is 29.8 Å². The number of carbonyl (C=O) groups excluding carboxylic acids is 1. The average Bonchev–Trinajstić information content (AvgIpc) is 3.60. The first-order valence-electron chi connectivity index (χ1n) is 11.5. The number of H-pyrrole nitrogens is 1. The first-order chi connectivity index (χ1) is 17.1. The van der Waals surface area contributed by atoms with Crippen molar-refractivity contribution in [2.75, 3.05) is 12.3 Å². The molecule has 0 fully saturated rings. The van der Waals surface area contributed by atoms with Crippen molar-refractivity contribution in [2.45, 2.75) is 19.1 Å². The van der Waals surface area contributed by atoms with E-state index in [2.05, 4.69) is 40.5 Å². The second-order valence-electron chi connectivity index (χ2n) is 8.52. The first kappa shape index (κ1) is 22.9. The minimum Gasteiger partial charge on any atom is -0.361 e. The van der Waals surface area contributed by atoms with Crippen LogP contribution in [0.1, 0.15) is 16.7 Å². The number of benzene rings is 2. The molecular formula is C27H27N5O2S. The standard InChI is InChI=1S/C27H27N5O2S/c1-20-9-10-25-24(15-20)21(16-29-25)11-12-28-26(33)19-35(34)18-22-17-30-32(23-7-3-2-4-8-23)27(22)31-13-5-6-14-31/h2-10,13-17,29H,11-12,18-19H2,1H3,(H,28,33)/t35-/m1/s1. The van der Waals surface area contributed by atoms with Gasteiger partial charge in [-0.25, -0.2) is 4.68 Å². The van der Waals surface area contributed by atoms with Crippen LogP contribution in [0.4, 0.5) is 0 Å². The van der Waals surface area contributed by atoms with Gasteiger partial charge in [0.1, 0.15) is 11.6 Å². The fourth-order valence-electron chi connectivity index (χ4n) is 4.24. The predicted molar refractivity (Wildman–Crippen MR) is 139 cm³/mol. The van der Waals surface area contributed by atoms with E-state index in [-0.39, 0.29) is 17.4 Å². The van der Waals surface area contributed by atoms with Gasteiger partial charge in [0, 0.05) is 52.4 Å². The van der Waals surface area contributed by atoms with Gasteiger partial charge in [0.05, 0.1) is 17.6 Å². The number of rotatable bonds is 9. The Hall–Kier alpha value is -3.91. The van der Waals surface area contributed by atoms with Crippen molar-refractivity contribution in [3.05, 3.63) is 102 Å². The molecule has 0 saturated heterocycles. The van der Waals surface area contributed by atoms with Gasteiger partial charge in [-0.3, -0.25) is 9.00 Å². The molecule has 0 spiro atoms. The number of hydrogen-bond acceptors (Lipinski definition) is 3. The highest BCUT2D eigenvalue weighted by atomic mass is 32.2. The molecule has 2 aromatic carbocycles. The highest BCUT2D eigenvalue weighted by Crippen LogP contribution is 2.22. The van der Waals surface area contributed by atoms with Crippen molar-refractivity contribution in [1.29, 1.82) is 0 Å². The van der Waals surface area contributed by atoms with Crippen molar-refractivity contribution >= 4 is 27.6 Å². The summed E-state index contributed by atoms with van der Waals surface area (Å²) in [7, 11) is -1.37. The number of aromatic nitrogens is 4. The number of para-hydroxylation sites is 1. The van der Waals surface area contributed by atoms with Crippen LogP contribution in [-0.2, 0) is 27.8 Å². The highest BCUT2D eigenvalue weighted by Gasteiger charge is 2.17. The molecule has 0 aliphatic heterocycles. The number of fused-ring (bicyclic) bond motifs is 1. The summed E-state index contributed by atoms with van der Waals surface area (Å²) in [6, 6.07) is 20.0. The van der Waals surface area contributed by atoms with E-state index in [9.17, 15) is 9.00 Å². The van der Waals surface area contributed by atoms with E-state index in [4.69, 9.17) is 0 Å². The van der Waals surface area contributed by atoms with Gasteiger partial charge in [-0.2, -0.15) is 5.10 Å². The van der Waals surface area contributed by atoms with Crippen LogP contribution in [0.2, 0.25) is 0 Å². The number of aromatic amines is 1. The van der Waals surface area contributed by atoms with Crippen molar-refractivity contribution in [1.82, 2.24) is 24.6 Å². The lowest BCUT2D eigenvalue weighted by atomic mass is 10.1. The van der Waals surface area contributed by atoms with Gasteiger partial charge in [0.15, 0.2) is 0 Å². The second kappa shape index (κ2) is 10.1. The zero-order chi connectivity index (χ0) is 24.2. The number of hydrogen-bond donors (Lipinski definition) is 2. The van der Waals surface area contributed by atoms with Gasteiger partial charge in [-0.15, -0.1) is 0 Å². The average molecular weight is 486 g/mol. The largest absolute Gasteiger partial charge is 0.361 e. The molecule has 3 aromatic heterocycles. The smallest absolute Gasteiger partial charge is 0.232 e. The molecule has 1 atom stereocenters. The lowest BCUT2D eigenvalue weighted by Gasteiger charge is -2.11. The molecule has 35 heavy (non-hydrogen) atoms. The maximum atomic E-state index is 12.9. The normalized spacial score (nSPS) is 12.1. The zero-order valence-corrected chi connectivity index (χ0v) is 20.3. The van der Waals surface area contributed by atoms with Gasteiger partial charge in [-0.05, 0) is 55.3 Å². The first-order valence-corrected chi connectivity index (χ1v) is 13.0. The van der Waals surface area contributed by atoms with Crippen LogP contribution in [0, 0.1) is 6.92 Å². The van der Waals surface area contributed by atoms with Crippen LogP contribution < -0.4 is 5.32 Å². The van der Waals surface area contributed by atoms with Gasteiger partial charge in [0.25, 0.3) is 0 Å². The number of carbonyl (C=O) groups is 1. The van der Waals surface area contributed by atoms with E-state index in [1.165, 1.54) is 10.9 Å². The zero-order valence-electron chi connectivity index (χ0n) is 19.5. The number of aryl methyl sites for hydroxylation is 1. The van der Waals surface area contributed by atoms with Crippen LogP contribution in [-0.4, -0.2) is 41.7 Å². The summed E-state index contributed by atoms with van der Waals surface area (Å²) < 4.78 is 16.7. The van der Waals surface area contributed by atoms with Gasteiger partial charge in [0.2, 0.25) is 5.91 Å². The Labute approximate surface area is 206 Å². The highest BCUT2D eigenvalue weighted by molar-refractivity contribution is 7.84. The summed E-state index contributed by atoms with van der Waals surface area (Å²) in [6.45, 7) is 2.57. The van der Waals surface area contributed by atoms with Crippen LogP contribution in [0.5, 0.6) is 0 Å². The van der Waals surface area contributed by atoms with Crippen LogP contribution in [0.25, 0.3) is 22.4 Å². The van der Waals surface area contributed by atoms with E-state index < -0.39 is 10.8 Å². The van der Waals surface area contributed by atoms with Crippen molar-refractivity contribution in [3.8, 4) is 11.5 Å². The SMILES string of the molecule is Cc1ccc2[nH]cc(CCNC(=O)C[S@](=O)Cc3cnn(-c4ccccc4)c3-n3cccc3)c2c1. The molecule has 0 bridgehead atoms. The Bertz CT molecular complexity index is 1470. The lowest BCUT2D eigenvalue weighted by Crippen LogP contribution is -2.30. The monoisotopic (exact) mass is 485 g/mol. The molecule has 3 heterocycles. The number of amides is 1. The fraction of sp³-hybridized carbons (Fsp3) is 0.185. The Kier molecular flexibility index (Phi) is 6.63. The summed E-state index contributed by atoms with van der Waals surface area (Å²) >= 11 is 0. The molecule has 0 aliphatic rings. The molecule has 8 heteroatoms. The van der Waals surface area contributed by atoms with Gasteiger partial charge < -0.3 is 14.9 Å². The molecule has 7 nitrogen and oxygen atoms in total. The van der Waals surface area contributed by atoms with Crippen molar-refractivity contribution in [3.63, 3.8) is 0 Å². The Morgan fingerprint density at radius 2 is 1.86 bits per heavy atom. The fourth-order valence-corrected chi connectivity index (χ4v) is 5.29. The summed E-state index contributed by atoms with van der Waals surface area (Å²) in [5, 5.41) is 8.64. The summed E-state index contributed by atoms with van der Waals surface area (Å²) in [5.41, 5.74) is 5.19. The molecule has 1 amide bonds. The Morgan fingerprint density at radius 3 is 2.66 bits per heavy atom. The third-order valence-corrected chi connectivity index (χ3v) is 7.13. The third kappa shape index (κ3) is 5.12.